The fourth-order valence-corrected chi connectivity index (χ4v) is 5.27. The third-order valence-electron chi connectivity index (χ3n) is 7.10. The van der Waals surface area contributed by atoms with Gasteiger partial charge < -0.3 is 9.64 Å². The van der Waals surface area contributed by atoms with Crippen LogP contribution in [0, 0.1) is 17.8 Å². The summed E-state index contributed by atoms with van der Waals surface area (Å²) < 4.78 is 5.51. The Bertz CT molecular complexity index is 1170. The maximum Gasteiger partial charge on any atom is 0.276 e. The van der Waals surface area contributed by atoms with Crippen molar-refractivity contribution in [1.29, 1.82) is 0 Å². The Morgan fingerprint density at radius 2 is 1.75 bits per heavy atom. The number of hydrogen-bond acceptors (Lipinski definition) is 6. The van der Waals surface area contributed by atoms with Gasteiger partial charge in [-0.3, -0.25) is 9.69 Å². The van der Waals surface area contributed by atoms with Gasteiger partial charge >= 0.3 is 0 Å². The van der Waals surface area contributed by atoms with E-state index in [1.54, 1.807) is 19.2 Å². The van der Waals surface area contributed by atoms with Crippen molar-refractivity contribution in [1.82, 2.24) is 15.4 Å². The summed E-state index contributed by atoms with van der Waals surface area (Å²) in [6.07, 6.45) is 1.11. The standard InChI is InChI=1S/C29H36N4O3/c1-20(2)19-35-21(3)36-31-29(34)25-10-11-28(30-13-25)33-17-26-15-32(16-27(26)18-33)14-22-8-9-23-6-4-5-7-24(23)12-22/h4-13,20-21,26-27H,14-19H2,1-3H3,(H,31,34). The molecule has 2 saturated heterocycles. The topological polar surface area (TPSA) is 66.9 Å². The number of likely N-dealkylation sites (tertiary alicyclic amines) is 1. The molecular formula is C29H36N4O3. The van der Waals surface area contributed by atoms with Gasteiger partial charge in [-0.2, -0.15) is 0 Å². The highest BCUT2D eigenvalue weighted by atomic mass is 16.8. The van der Waals surface area contributed by atoms with Crippen LogP contribution in [0.25, 0.3) is 10.8 Å². The van der Waals surface area contributed by atoms with Crippen molar-refractivity contribution in [2.24, 2.45) is 17.8 Å². The maximum atomic E-state index is 12.4. The van der Waals surface area contributed by atoms with Crippen molar-refractivity contribution >= 4 is 22.5 Å². The molecule has 36 heavy (non-hydrogen) atoms. The minimum Gasteiger partial charge on any atom is -0.356 e. The molecule has 2 aliphatic heterocycles. The maximum absolute atomic E-state index is 12.4. The summed E-state index contributed by atoms with van der Waals surface area (Å²) in [6, 6.07) is 19.1. The number of carbonyl (C=O) groups excluding carboxylic acids is 1. The van der Waals surface area contributed by atoms with E-state index in [2.05, 4.69) is 76.6 Å². The van der Waals surface area contributed by atoms with E-state index in [1.807, 2.05) is 6.07 Å². The second-order valence-electron chi connectivity index (χ2n) is 10.5. The van der Waals surface area contributed by atoms with E-state index in [4.69, 9.17) is 9.57 Å². The molecule has 3 unspecified atom stereocenters. The molecule has 190 valence electrons. The lowest BCUT2D eigenvalue weighted by Crippen LogP contribution is -2.31. The third kappa shape index (κ3) is 5.86. The number of benzene rings is 2. The smallest absolute Gasteiger partial charge is 0.276 e. The average Bonchev–Trinajstić information content (AvgIpc) is 3.45. The number of fused-ring (bicyclic) bond motifs is 2. The van der Waals surface area contributed by atoms with Gasteiger partial charge in [-0.15, -0.1) is 0 Å². The molecule has 0 bridgehead atoms. The van der Waals surface area contributed by atoms with Gasteiger partial charge in [-0.05, 0) is 59.2 Å². The first-order valence-electron chi connectivity index (χ1n) is 12.9. The van der Waals surface area contributed by atoms with E-state index in [9.17, 15) is 4.79 Å². The monoisotopic (exact) mass is 488 g/mol. The summed E-state index contributed by atoms with van der Waals surface area (Å²) in [6.45, 7) is 11.7. The summed E-state index contributed by atoms with van der Waals surface area (Å²) in [4.78, 5) is 27.2. The summed E-state index contributed by atoms with van der Waals surface area (Å²) in [5.41, 5.74) is 4.30. The van der Waals surface area contributed by atoms with Gasteiger partial charge in [0.25, 0.3) is 5.91 Å². The SMILES string of the molecule is CC(C)COC(C)ONC(=O)c1ccc(N2CC3CN(Cc4ccc5ccccc5c4)CC3C2)nc1. The molecule has 7 nitrogen and oxygen atoms in total. The third-order valence-corrected chi connectivity index (χ3v) is 7.10. The van der Waals surface area contributed by atoms with Crippen molar-refractivity contribution in [2.75, 3.05) is 37.7 Å². The Hall–Kier alpha value is -3.00. The number of nitrogens with zero attached hydrogens (tertiary/aromatic N) is 3. The van der Waals surface area contributed by atoms with Crippen molar-refractivity contribution in [3.8, 4) is 0 Å². The van der Waals surface area contributed by atoms with Crippen LogP contribution in [-0.4, -0.2) is 54.9 Å². The fraction of sp³-hybridized carbons (Fsp3) is 0.448. The van der Waals surface area contributed by atoms with Crippen LogP contribution < -0.4 is 10.4 Å². The molecule has 0 spiro atoms. The normalized spacial score (nSPS) is 20.7. The Balaban J connectivity index is 1.10. The van der Waals surface area contributed by atoms with E-state index >= 15 is 0 Å². The number of pyridine rings is 1. The molecule has 2 aromatic carbocycles. The molecule has 3 aromatic rings. The van der Waals surface area contributed by atoms with Crippen LogP contribution in [0.3, 0.4) is 0 Å². The van der Waals surface area contributed by atoms with Crippen molar-refractivity contribution in [2.45, 2.75) is 33.6 Å². The van der Waals surface area contributed by atoms with E-state index in [-0.39, 0.29) is 5.91 Å². The molecule has 3 heterocycles. The number of nitrogens with one attached hydrogen (secondary N) is 1. The molecule has 1 amide bonds. The van der Waals surface area contributed by atoms with E-state index in [0.29, 0.717) is 29.9 Å². The zero-order chi connectivity index (χ0) is 25.1. The summed E-state index contributed by atoms with van der Waals surface area (Å²) in [5.74, 6) is 2.31. The Labute approximate surface area is 213 Å². The lowest BCUT2D eigenvalue weighted by Gasteiger charge is -2.22. The number of anilines is 1. The Morgan fingerprint density at radius 1 is 1.00 bits per heavy atom. The van der Waals surface area contributed by atoms with Gasteiger partial charge in [0.15, 0.2) is 6.29 Å². The van der Waals surface area contributed by atoms with Gasteiger partial charge in [0, 0.05) is 38.9 Å². The molecule has 1 aromatic heterocycles. The van der Waals surface area contributed by atoms with Crippen molar-refractivity contribution in [3.63, 3.8) is 0 Å². The summed E-state index contributed by atoms with van der Waals surface area (Å²) >= 11 is 0. The lowest BCUT2D eigenvalue weighted by molar-refractivity contribution is -0.163. The molecule has 0 aliphatic carbocycles. The largest absolute Gasteiger partial charge is 0.356 e. The van der Waals surface area contributed by atoms with Gasteiger partial charge in [0.2, 0.25) is 0 Å². The van der Waals surface area contributed by atoms with Gasteiger partial charge in [-0.1, -0.05) is 50.2 Å². The Morgan fingerprint density at radius 3 is 2.44 bits per heavy atom. The highest BCUT2D eigenvalue weighted by molar-refractivity contribution is 5.93. The zero-order valence-corrected chi connectivity index (χ0v) is 21.4. The molecule has 1 N–H and O–H groups in total. The minimum absolute atomic E-state index is 0.323. The van der Waals surface area contributed by atoms with Crippen molar-refractivity contribution < 1.29 is 14.4 Å². The number of carbonyl (C=O) groups is 1. The predicted octanol–water partition coefficient (Wildman–Crippen LogP) is 4.48. The van der Waals surface area contributed by atoms with Crippen LogP contribution in [0.5, 0.6) is 0 Å². The average molecular weight is 489 g/mol. The van der Waals surface area contributed by atoms with Crippen LogP contribution in [0.4, 0.5) is 5.82 Å². The van der Waals surface area contributed by atoms with Gasteiger partial charge in [-0.25, -0.2) is 15.3 Å². The number of aromatic nitrogens is 1. The van der Waals surface area contributed by atoms with Gasteiger partial charge in [0.05, 0.1) is 12.2 Å². The molecule has 2 fully saturated rings. The first-order valence-corrected chi connectivity index (χ1v) is 12.9. The number of hydroxylamine groups is 1. The lowest BCUT2D eigenvalue weighted by atomic mass is 10.0. The zero-order valence-electron chi connectivity index (χ0n) is 21.4. The fourth-order valence-electron chi connectivity index (χ4n) is 5.27. The van der Waals surface area contributed by atoms with Gasteiger partial charge in [0.1, 0.15) is 5.82 Å². The number of ether oxygens (including phenoxy) is 1. The first-order chi connectivity index (χ1) is 17.4. The molecule has 7 heteroatoms. The van der Waals surface area contributed by atoms with Crippen LogP contribution >= 0.6 is 0 Å². The highest BCUT2D eigenvalue weighted by Crippen LogP contribution is 2.34. The number of rotatable bonds is 9. The first kappa shape index (κ1) is 24.7. The molecule has 3 atom stereocenters. The molecule has 2 aliphatic rings. The van der Waals surface area contributed by atoms with E-state index in [1.165, 1.54) is 16.3 Å². The minimum atomic E-state index is -0.506. The second-order valence-corrected chi connectivity index (χ2v) is 10.5. The highest BCUT2D eigenvalue weighted by Gasteiger charge is 2.40. The van der Waals surface area contributed by atoms with E-state index < -0.39 is 6.29 Å². The molecule has 5 rings (SSSR count). The predicted molar refractivity (Wildman–Crippen MR) is 141 cm³/mol. The van der Waals surface area contributed by atoms with Crippen molar-refractivity contribution in [3.05, 3.63) is 71.9 Å². The molecular weight excluding hydrogens is 452 g/mol. The van der Waals surface area contributed by atoms with E-state index in [0.717, 1.165) is 38.5 Å². The Kier molecular flexibility index (Phi) is 7.51. The van der Waals surface area contributed by atoms with Crippen LogP contribution in [-0.2, 0) is 16.1 Å². The van der Waals surface area contributed by atoms with Crippen LogP contribution in [0.15, 0.2) is 60.8 Å². The number of amides is 1. The summed E-state index contributed by atoms with van der Waals surface area (Å²) in [5, 5.41) is 2.60. The second kappa shape index (κ2) is 10.9. The molecule has 0 saturated carbocycles. The van der Waals surface area contributed by atoms with Crippen LogP contribution in [0.2, 0.25) is 0 Å². The number of hydrogen-bond donors (Lipinski definition) is 1. The molecule has 0 radical (unpaired) electrons. The van der Waals surface area contributed by atoms with Crippen LogP contribution in [0.1, 0.15) is 36.7 Å². The quantitative estimate of drug-likeness (QED) is 0.354. The summed E-state index contributed by atoms with van der Waals surface area (Å²) in [7, 11) is 0.